The van der Waals surface area contributed by atoms with E-state index in [1.54, 1.807) is 19.2 Å². The number of nitrogens with zero attached hydrogens (tertiary/aromatic N) is 2. The minimum atomic E-state index is -0.674. The molecule has 0 unspecified atom stereocenters. The Bertz CT molecular complexity index is 1140. The number of carbonyl (C=O) groups is 2. The van der Waals surface area contributed by atoms with Gasteiger partial charge in [0.15, 0.2) is 23.1 Å². The second-order valence-corrected chi connectivity index (χ2v) is 9.18. The van der Waals surface area contributed by atoms with Gasteiger partial charge in [-0.1, -0.05) is 20.8 Å². The van der Waals surface area contributed by atoms with E-state index in [0.29, 0.717) is 16.8 Å². The summed E-state index contributed by atoms with van der Waals surface area (Å²) in [5.74, 6) is -0.948. The molecule has 1 aliphatic rings. The molecular formula is C25H30FN3O4. The number of rotatable bonds is 6. The third-order valence-electron chi connectivity index (χ3n) is 5.91. The molecule has 0 fully saturated rings. The summed E-state index contributed by atoms with van der Waals surface area (Å²) in [5.41, 5.74) is 2.40. The van der Waals surface area contributed by atoms with Gasteiger partial charge in [0.2, 0.25) is 5.91 Å². The molecule has 176 valence electrons. The Morgan fingerprint density at radius 2 is 1.82 bits per heavy atom. The molecule has 1 amide bonds. The number of Topliss-reactive ketones (excluding diaryl/α,β-unsaturated/α-hetero) is 1. The highest BCUT2D eigenvalue weighted by molar-refractivity contribution is 6.06. The summed E-state index contributed by atoms with van der Waals surface area (Å²) in [4.78, 5) is 28.2. The van der Waals surface area contributed by atoms with Gasteiger partial charge in [0.05, 0.1) is 26.3 Å². The van der Waals surface area contributed by atoms with E-state index in [2.05, 4.69) is 0 Å². The lowest BCUT2D eigenvalue weighted by Gasteiger charge is -2.24. The number of anilines is 1. The Labute approximate surface area is 193 Å². The van der Waals surface area contributed by atoms with Crippen molar-refractivity contribution in [3.8, 4) is 11.5 Å². The SMILES string of the molecule is COc1cc2c(c(F)c1OC)C(=N)N(CC(=O)c1cc(N(C)C(C)=O)cc(C(C)(C)C)c1)C2. The fourth-order valence-electron chi connectivity index (χ4n) is 3.80. The van der Waals surface area contributed by atoms with E-state index in [-0.39, 0.29) is 53.1 Å². The lowest BCUT2D eigenvalue weighted by molar-refractivity contribution is -0.116. The second-order valence-electron chi connectivity index (χ2n) is 9.18. The maximum atomic E-state index is 15.0. The molecule has 7 nitrogen and oxygen atoms in total. The number of benzene rings is 2. The summed E-state index contributed by atoms with van der Waals surface area (Å²) < 4.78 is 25.3. The van der Waals surface area contributed by atoms with Crippen molar-refractivity contribution >= 4 is 23.2 Å². The minimum absolute atomic E-state index is 0.0658. The van der Waals surface area contributed by atoms with Crippen LogP contribution in [-0.2, 0) is 16.8 Å². The molecule has 2 aromatic rings. The van der Waals surface area contributed by atoms with Crippen LogP contribution in [0.4, 0.5) is 10.1 Å². The average Bonchev–Trinajstić information content (AvgIpc) is 3.07. The average molecular weight is 456 g/mol. The molecule has 0 atom stereocenters. The van der Waals surface area contributed by atoms with E-state index in [4.69, 9.17) is 14.9 Å². The molecule has 3 rings (SSSR count). The molecule has 0 aliphatic carbocycles. The summed E-state index contributed by atoms with van der Waals surface area (Å²) in [5, 5.41) is 8.48. The highest BCUT2D eigenvalue weighted by Crippen LogP contribution is 2.38. The van der Waals surface area contributed by atoms with E-state index in [1.165, 1.54) is 30.9 Å². The first kappa shape index (κ1) is 24.2. The molecule has 0 saturated heterocycles. The van der Waals surface area contributed by atoms with E-state index < -0.39 is 5.82 Å². The largest absolute Gasteiger partial charge is 0.493 e. The predicted octanol–water partition coefficient (Wildman–Crippen LogP) is 4.15. The summed E-state index contributed by atoms with van der Waals surface area (Å²) >= 11 is 0. The lowest BCUT2D eigenvalue weighted by atomic mass is 9.85. The smallest absolute Gasteiger partial charge is 0.223 e. The first-order valence-corrected chi connectivity index (χ1v) is 10.6. The van der Waals surface area contributed by atoms with Crippen LogP contribution in [0, 0.1) is 11.2 Å². The Hall–Kier alpha value is -3.42. The van der Waals surface area contributed by atoms with E-state index >= 15 is 4.39 Å². The Kier molecular flexibility index (Phi) is 6.49. The van der Waals surface area contributed by atoms with Gasteiger partial charge < -0.3 is 19.3 Å². The van der Waals surface area contributed by atoms with Crippen molar-refractivity contribution < 1.29 is 23.5 Å². The topological polar surface area (TPSA) is 82.9 Å². The van der Waals surface area contributed by atoms with Gasteiger partial charge in [-0.15, -0.1) is 0 Å². The quantitative estimate of drug-likeness (QED) is 0.662. The third kappa shape index (κ3) is 4.55. The molecule has 0 radical (unpaired) electrons. The summed E-state index contributed by atoms with van der Waals surface area (Å²) in [6.45, 7) is 7.66. The number of ether oxygens (including phenoxy) is 2. The van der Waals surface area contributed by atoms with Gasteiger partial charge in [0.25, 0.3) is 0 Å². The Morgan fingerprint density at radius 3 is 2.36 bits per heavy atom. The van der Waals surface area contributed by atoms with Crippen molar-refractivity contribution in [2.24, 2.45) is 0 Å². The number of halogens is 1. The van der Waals surface area contributed by atoms with Gasteiger partial charge in [-0.25, -0.2) is 4.39 Å². The standard InChI is InChI=1S/C25H30FN3O4/c1-14(30)28(5)18-9-15(8-17(11-18)25(2,3)4)19(31)13-29-12-16-10-20(32-6)23(33-7)22(26)21(16)24(29)27/h8-11,27H,12-13H2,1-7H3. The second kappa shape index (κ2) is 8.84. The molecule has 1 heterocycles. The third-order valence-corrected chi connectivity index (χ3v) is 5.91. The van der Waals surface area contributed by atoms with Gasteiger partial charge in [-0.05, 0) is 40.8 Å². The zero-order valence-electron chi connectivity index (χ0n) is 20.1. The van der Waals surface area contributed by atoms with Gasteiger partial charge in [-0.3, -0.25) is 15.0 Å². The van der Waals surface area contributed by atoms with Crippen molar-refractivity contribution in [2.75, 3.05) is 32.7 Å². The highest BCUT2D eigenvalue weighted by Gasteiger charge is 2.33. The molecular weight excluding hydrogens is 425 g/mol. The molecule has 0 bridgehead atoms. The molecule has 0 spiro atoms. The number of hydrogen-bond acceptors (Lipinski definition) is 5. The molecule has 1 N–H and O–H groups in total. The zero-order valence-corrected chi connectivity index (χ0v) is 20.1. The summed E-state index contributed by atoms with van der Waals surface area (Å²) in [6, 6.07) is 7.04. The first-order chi connectivity index (χ1) is 15.4. The summed E-state index contributed by atoms with van der Waals surface area (Å²) in [7, 11) is 4.42. The van der Waals surface area contributed by atoms with Crippen LogP contribution in [0.3, 0.4) is 0 Å². The fraction of sp³-hybridized carbons (Fsp3) is 0.400. The van der Waals surface area contributed by atoms with Crippen LogP contribution < -0.4 is 14.4 Å². The van der Waals surface area contributed by atoms with E-state index in [1.807, 2.05) is 32.9 Å². The van der Waals surface area contributed by atoms with Crippen molar-refractivity contribution in [3.63, 3.8) is 0 Å². The number of ketones is 1. The van der Waals surface area contributed by atoms with Crippen LogP contribution in [-0.4, -0.2) is 50.2 Å². The molecule has 0 aromatic heterocycles. The number of fused-ring (bicyclic) bond motifs is 1. The van der Waals surface area contributed by atoms with Crippen LogP contribution in [0.5, 0.6) is 11.5 Å². The number of hydrogen-bond donors (Lipinski definition) is 1. The van der Waals surface area contributed by atoms with Crippen molar-refractivity contribution in [1.29, 1.82) is 5.41 Å². The van der Waals surface area contributed by atoms with Crippen LogP contribution in [0.15, 0.2) is 24.3 Å². The monoisotopic (exact) mass is 455 g/mol. The maximum Gasteiger partial charge on any atom is 0.223 e. The van der Waals surface area contributed by atoms with Crippen molar-refractivity contribution in [1.82, 2.24) is 4.90 Å². The van der Waals surface area contributed by atoms with Crippen molar-refractivity contribution in [2.45, 2.75) is 39.7 Å². The van der Waals surface area contributed by atoms with Crippen LogP contribution >= 0.6 is 0 Å². The molecule has 8 heteroatoms. The van der Waals surface area contributed by atoms with Gasteiger partial charge in [0, 0.05) is 31.8 Å². The number of carbonyl (C=O) groups excluding carboxylic acids is 2. The van der Waals surface area contributed by atoms with Crippen LogP contribution in [0.2, 0.25) is 0 Å². The number of amides is 1. The van der Waals surface area contributed by atoms with E-state index in [0.717, 1.165) is 5.56 Å². The molecule has 33 heavy (non-hydrogen) atoms. The number of methoxy groups -OCH3 is 2. The van der Waals surface area contributed by atoms with E-state index in [9.17, 15) is 9.59 Å². The van der Waals surface area contributed by atoms with Crippen LogP contribution in [0.25, 0.3) is 0 Å². The first-order valence-electron chi connectivity index (χ1n) is 10.6. The number of amidine groups is 1. The van der Waals surface area contributed by atoms with Crippen LogP contribution in [0.1, 0.15) is 54.7 Å². The fourth-order valence-corrected chi connectivity index (χ4v) is 3.80. The molecule has 2 aromatic carbocycles. The van der Waals surface area contributed by atoms with Crippen molar-refractivity contribution in [3.05, 3.63) is 52.3 Å². The lowest BCUT2D eigenvalue weighted by Crippen LogP contribution is -2.31. The van der Waals surface area contributed by atoms with Gasteiger partial charge in [-0.2, -0.15) is 0 Å². The molecule has 1 aliphatic heterocycles. The van der Waals surface area contributed by atoms with Gasteiger partial charge in [0.1, 0.15) is 5.84 Å². The number of nitrogens with one attached hydrogen (secondary N) is 1. The summed E-state index contributed by atoms with van der Waals surface area (Å²) in [6.07, 6.45) is 0. The van der Waals surface area contributed by atoms with Gasteiger partial charge >= 0.3 is 0 Å². The minimum Gasteiger partial charge on any atom is -0.493 e. The Morgan fingerprint density at radius 1 is 1.15 bits per heavy atom. The predicted molar refractivity (Wildman–Crippen MR) is 125 cm³/mol. The maximum absolute atomic E-state index is 15.0. The molecule has 0 saturated carbocycles. The highest BCUT2D eigenvalue weighted by atomic mass is 19.1. The normalized spacial score (nSPS) is 13.1. The Balaban J connectivity index is 1.94. The zero-order chi connectivity index (χ0) is 24.7.